The molecule has 3 rings (SSSR count). The van der Waals surface area contributed by atoms with Gasteiger partial charge in [-0.15, -0.1) is 0 Å². The lowest BCUT2D eigenvalue weighted by atomic mass is 10.0. The molecule has 0 N–H and O–H groups in total. The molecular formula is C26H32ClN3O2. The highest BCUT2D eigenvalue weighted by atomic mass is 35.5. The highest BCUT2D eigenvalue weighted by Gasteiger charge is 2.26. The van der Waals surface area contributed by atoms with E-state index in [-0.39, 0.29) is 12.0 Å². The van der Waals surface area contributed by atoms with Crippen LogP contribution >= 0.6 is 11.6 Å². The van der Waals surface area contributed by atoms with Crippen LogP contribution in [0.5, 0.6) is 0 Å². The van der Waals surface area contributed by atoms with Crippen LogP contribution in [0.4, 0.5) is 0 Å². The summed E-state index contributed by atoms with van der Waals surface area (Å²) in [5, 5.41) is 0.749. The van der Waals surface area contributed by atoms with Crippen LogP contribution < -0.4 is 0 Å². The van der Waals surface area contributed by atoms with Crippen molar-refractivity contribution in [2.45, 2.75) is 51.7 Å². The molecule has 1 atom stereocenters. The Kier molecular flexibility index (Phi) is 8.89. The molecular weight excluding hydrogens is 422 g/mol. The van der Waals surface area contributed by atoms with E-state index in [9.17, 15) is 4.79 Å². The van der Waals surface area contributed by atoms with Crippen LogP contribution in [0.15, 0.2) is 60.8 Å². The zero-order valence-corrected chi connectivity index (χ0v) is 19.9. The maximum atomic E-state index is 12.6. The van der Waals surface area contributed by atoms with Crippen LogP contribution in [0.3, 0.4) is 0 Å². The molecule has 0 radical (unpaired) electrons. The Bertz CT molecular complexity index is 1000. The number of unbranched alkanes of at least 4 members (excludes halogenated alkanes) is 1. The number of rotatable bonds is 11. The number of likely N-dealkylation sites (N-methyl/N-ethyl adjacent to an activating group) is 1. The van der Waals surface area contributed by atoms with Gasteiger partial charge in [-0.1, -0.05) is 73.5 Å². The van der Waals surface area contributed by atoms with Crippen LogP contribution in [-0.4, -0.2) is 40.6 Å². The average molecular weight is 454 g/mol. The molecule has 0 aliphatic heterocycles. The topological polar surface area (TPSA) is 47.4 Å². The van der Waals surface area contributed by atoms with E-state index < -0.39 is 0 Å². The normalized spacial score (nSPS) is 12.2. The third kappa shape index (κ3) is 6.21. The van der Waals surface area contributed by atoms with E-state index in [0.717, 1.165) is 46.9 Å². The Morgan fingerprint density at radius 1 is 1.16 bits per heavy atom. The lowest BCUT2D eigenvalue weighted by Gasteiger charge is -2.26. The van der Waals surface area contributed by atoms with E-state index in [1.54, 1.807) is 0 Å². The number of esters is 1. The molecule has 0 saturated heterocycles. The van der Waals surface area contributed by atoms with Gasteiger partial charge in [-0.3, -0.25) is 9.69 Å². The molecule has 1 heterocycles. The first-order valence-electron chi connectivity index (χ1n) is 11.1. The fraction of sp³-hybridized carbons (Fsp3) is 0.385. The Balaban J connectivity index is 1.85. The van der Waals surface area contributed by atoms with Gasteiger partial charge in [0.05, 0.1) is 19.3 Å². The van der Waals surface area contributed by atoms with E-state index in [4.69, 9.17) is 21.3 Å². The van der Waals surface area contributed by atoms with Crippen molar-refractivity contribution in [3.8, 4) is 0 Å². The van der Waals surface area contributed by atoms with E-state index in [1.165, 1.54) is 7.11 Å². The predicted molar refractivity (Wildman–Crippen MR) is 129 cm³/mol. The number of benzene rings is 2. The molecule has 0 spiro atoms. The number of halogens is 1. The smallest absolute Gasteiger partial charge is 0.323 e. The van der Waals surface area contributed by atoms with Crippen molar-refractivity contribution in [2.75, 3.05) is 14.2 Å². The summed E-state index contributed by atoms with van der Waals surface area (Å²) in [5.41, 5.74) is 3.21. The minimum Gasteiger partial charge on any atom is -0.468 e. The largest absolute Gasteiger partial charge is 0.468 e. The molecule has 0 saturated carbocycles. The first kappa shape index (κ1) is 24.0. The summed E-state index contributed by atoms with van der Waals surface area (Å²) in [6.45, 7) is 3.42. The fourth-order valence-electron chi connectivity index (χ4n) is 3.86. The summed E-state index contributed by atoms with van der Waals surface area (Å²) in [5.74, 6) is 0.813. The summed E-state index contributed by atoms with van der Waals surface area (Å²) in [7, 11) is 3.40. The zero-order chi connectivity index (χ0) is 22.9. The standard InChI is InChI=1S/C26H32ClN3O2/c1-4-5-15-25-28-17-22(30(25)18-21-13-9-10-14-23(21)27)19-29(2)24(26(31)32-3)16-20-11-7-6-8-12-20/h6-14,17,24H,4-5,15-16,18-19H2,1-3H3/t24-/m0/s1. The third-order valence-corrected chi connectivity index (χ3v) is 6.12. The highest BCUT2D eigenvalue weighted by Crippen LogP contribution is 2.21. The molecule has 5 nitrogen and oxygen atoms in total. The molecule has 2 aromatic carbocycles. The third-order valence-electron chi connectivity index (χ3n) is 5.75. The molecule has 0 amide bonds. The number of nitrogens with zero attached hydrogens (tertiary/aromatic N) is 3. The molecule has 6 heteroatoms. The molecule has 1 aromatic heterocycles. The lowest BCUT2D eigenvalue weighted by molar-refractivity contribution is -0.146. The molecule has 0 fully saturated rings. The van der Waals surface area contributed by atoms with Gasteiger partial charge in [-0.25, -0.2) is 4.98 Å². The molecule has 0 aliphatic carbocycles. The van der Waals surface area contributed by atoms with Crippen molar-refractivity contribution < 1.29 is 9.53 Å². The second-order valence-corrected chi connectivity index (χ2v) is 8.50. The van der Waals surface area contributed by atoms with Gasteiger partial charge < -0.3 is 9.30 Å². The van der Waals surface area contributed by atoms with Crippen molar-refractivity contribution >= 4 is 17.6 Å². The second-order valence-electron chi connectivity index (χ2n) is 8.09. The first-order valence-corrected chi connectivity index (χ1v) is 11.5. The number of carbonyl (C=O) groups excluding carboxylic acids is 1. The molecule has 32 heavy (non-hydrogen) atoms. The van der Waals surface area contributed by atoms with Crippen LogP contribution in [0.1, 0.15) is 42.4 Å². The summed E-state index contributed by atoms with van der Waals surface area (Å²) in [6, 6.07) is 17.5. The van der Waals surface area contributed by atoms with Crippen molar-refractivity contribution in [3.63, 3.8) is 0 Å². The van der Waals surface area contributed by atoms with Crippen molar-refractivity contribution in [1.82, 2.24) is 14.5 Å². The number of aromatic nitrogens is 2. The number of imidazole rings is 1. The van der Waals surface area contributed by atoms with Gasteiger partial charge in [0.25, 0.3) is 0 Å². The molecule has 170 valence electrons. The number of aryl methyl sites for hydroxylation is 1. The van der Waals surface area contributed by atoms with Crippen molar-refractivity contribution in [1.29, 1.82) is 0 Å². The van der Waals surface area contributed by atoms with Gasteiger partial charge in [0.15, 0.2) is 0 Å². The second kappa shape index (κ2) is 11.8. The van der Waals surface area contributed by atoms with Crippen LogP contribution in [-0.2, 0) is 35.5 Å². The maximum Gasteiger partial charge on any atom is 0.323 e. The summed E-state index contributed by atoms with van der Waals surface area (Å²) in [4.78, 5) is 19.4. The van der Waals surface area contributed by atoms with Crippen molar-refractivity contribution in [2.24, 2.45) is 0 Å². The highest BCUT2D eigenvalue weighted by molar-refractivity contribution is 6.31. The molecule has 0 bridgehead atoms. The number of hydrogen-bond acceptors (Lipinski definition) is 4. The average Bonchev–Trinajstić information content (AvgIpc) is 3.18. The Hall–Kier alpha value is -2.63. The van der Waals surface area contributed by atoms with Crippen LogP contribution in [0.25, 0.3) is 0 Å². The van der Waals surface area contributed by atoms with Gasteiger partial charge in [-0.05, 0) is 37.1 Å². The number of ether oxygens (including phenoxy) is 1. The van der Waals surface area contributed by atoms with Gasteiger partial charge in [0.1, 0.15) is 11.9 Å². The van der Waals surface area contributed by atoms with Gasteiger partial charge in [0, 0.05) is 24.2 Å². The Morgan fingerprint density at radius 3 is 2.56 bits per heavy atom. The molecule has 3 aromatic rings. The van der Waals surface area contributed by atoms with Crippen LogP contribution in [0.2, 0.25) is 5.02 Å². The Labute approximate surface area is 196 Å². The van der Waals surface area contributed by atoms with E-state index in [1.807, 2.05) is 72.7 Å². The quantitative estimate of drug-likeness (QED) is 0.377. The monoisotopic (exact) mass is 453 g/mol. The number of hydrogen-bond donors (Lipinski definition) is 0. The molecule has 0 aliphatic rings. The SMILES string of the molecule is CCCCc1ncc(CN(C)[C@@H](Cc2ccccc2)C(=O)OC)n1Cc1ccccc1Cl. The van der Waals surface area contributed by atoms with Crippen molar-refractivity contribution in [3.05, 3.63) is 88.5 Å². The fourth-order valence-corrected chi connectivity index (χ4v) is 4.06. The van der Waals surface area contributed by atoms with E-state index in [0.29, 0.717) is 19.5 Å². The number of carbonyl (C=O) groups is 1. The van der Waals surface area contributed by atoms with Gasteiger partial charge in [-0.2, -0.15) is 0 Å². The summed E-state index contributed by atoms with van der Waals surface area (Å²) in [6.07, 6.45) is 5.61. The minimum atomic E-state index is -0.384. The van der Waals surface area contributed by atoms with E-state index in [2.05, 4.69) is 11.5 Å². The minimum absolute atomic E-state index is 0.236. The van der Waals surface area contributed by atoms with Crippen LogP contribution in [0, 0.1) is 0 Å². The Morgan fingerprint density at radius 2 is 1.88 bits per heavy atom. The first-order chi connectivity index (χ1) is 15.5. The summed E-state index contributed by atoms with van der Waals surface area (Å²) >= 11 is 6.45. The van der Waals surface area contributed by atoms with Gasteiger partial charge >= 0.3 is 5.97 Å². The number of methoxy groups -OCH3 is 1. The van der Waals surface area contributed by atoms with E-state index >= 15 is 0 Å². The summed E-state index contributed by atoms with van der Waals surface area (Å²) < 4.78 is 7.36. The maximum absolute atomic E-state index is 12.6. The van der Waals surface area contributed by atoms with Gasteiger partial charge in [0.2, 0.25) is 0 Å². The zero-order valence-electron chi connectivity index (χ0n) is 19.1. The lowest BCUT2D eigenvalue weighted by Crippen LogP contribution is -2.41. The predicted octanol–water partition coefficient (Wildman–Crippen LogP) is 5.14. The molecule has 0 unspecified atom stereocenters.